The van der Waals surface area contributed by atoms with E-state index in [1.807, 2.05) is 5.10 Å². The summed E-state index contributed by atoms with van der Waals surface area (Å²) in [5, 5.41) is 6.21. The summed E-state index contributed by atoms with van der Waals surface area (Å²) in [6.07, 6.45) is -4.53. The van der Waals surface area contributed by atoms with Crippen molar-refractivity contribution in [2.45, 2.75) is 17.1 Å². The standard InChI is InChI=1S/C10H6Cl2F3N3S/c11-6-2-1-3-7(12)5(6)4-19-9-16-8(17-18-9)10(13,14)15/h1-3H,4H2,(H,16,17,18). The fourth-order valence-corrected chi connectivity index (χ4v) is 2.78. The molecular weight excluding hydrogens is 322 g/mol. The summed E-state index contributed by atoms with van der Waals surface area (Å²) >= 11 is 12.9. The fourth-order valence-electron chi connectivity index (χ4n) is 1.24. The first-order valence-electron chi connectivity index (χ1n) is 4.93. The maximum atomic E-state index is 12.3. The Morgan fingerprint density at radius 2 is 1.84 bits per heavy atom. The number of rotatable bonds is 3. The first-order valence-corrected chi connectivity index (χ1v) is 6.67. The number of nitrogens with zero attached hydrogens (tertiary/aromatic N) is 2. The topological polar surface area (TPSA) is 41.6 Å². The number of aromatic amines is 1. The molecule has 0 amide bonds. The van der Waals surface area contributed by atoms with Crippen LogP contribution in [0.15, 0.2) is 23.4 Å². The molecule has 2 rings (SSSR count). The van der Waals surface area contributed by atoms with E-state index < -0.39 is 12.0 Å². The zero-order valence-corrected chi connectivity index (χ0v) is 11.5. The summed E-state index contributed by atoms with van der Waals surface area (Å²) in [5.74, 6) is -0.839. The molecule has 9 heteroatoms. The van der Waals surface area contributed by atoms with E-state index in [4.69, 9.17) is 23.2 Å². The lowest BCUT2D eigenvalue weighted by molar-refractivity contribution is -0.144. The van der Waals surface area contributed by atoms with Gasteiger partial charge in [-0.15, -0.1) is 5.10 Å². The lowest BCUT2D eigenvalue weighted by Crippen LogP contribution is -2.07. The van der Waals surface area contributed by atoms with E-state index in [9.17, 15) is 13.2 Å². The molecule has 0 saturated heterocycles. The van der Waals surface area contributed by atoms with Crippen LogP contribution < -0.4 is 0 Å². The highest BCUT2D eigenvalue weighted by Crippen LogP contribution is 2.32. The zero-order chi connectivity index (χ0) is 14.0. The monoisotopic (exact) mass is 327 g/mol. The fraction of sp³-hybridized carbons (Fsp3) is 0.200. The van der Waals surface area contributed by atoms with Gasteiger partial charge in [-0.05, 0) is 17.7 Å². The highest BCUT2D eigenvalue weighted by atomic mass is 35.5. The average molecular weight is 328 g/mol. The molecule has 3 nitrogen and oxygen atoms in total. The summed E-state index contributed by atoms with van der Waals surface area (Å²) in [4.78, 5) is 3.34. The minimum Gasteiger partial charge on any atom is -0.254 e. The molecule has 0 aliphatic heterocycles. The molecule has 0 bridgehead atoms. The first-order chi connectivity index (χ1) is 8.88. The molecule has 1 aromatic carbocycles. The van der Waals surface area contributed by atoms with Crippen LogP contribution in [0.25, 0.3) is 0 Å². The lowest BCUT2D eigenvalue weighted by Gasteiger charge is -2.04. The molecule has 1 N–H and O–H groups in total. The van der Waals surface area contributed by atoms with Crippen LogP contribution in [0.1, 0.15) is 11.4 Å². The van der Waals surface area contributed by atoms with Gasteiger partial charge in [-0.1, -0.05) is 41.0 Å². The summed E-state index contributed by atoms with van der Waals surface area (Å²) in [5.41, 5.74) is 0.634. The Bertz CT molecular complexity index is 565. The number of thioether (sulfide) groups is 1. The van der Waals surface area contributed by atoms with Gasteiger partial charge in [-0.3, -0.25) is 5.10 Å². The molecule has 19 heavy (non-hydrogen) atoms. The highest BCUT2D eigenvalue weighted by Gasteiger charge is 2.35. The van der Waals surface area contributed by atoms with Crippen molar-refractivity contribution >= 4 is 35.0 Å². The molecule has 0 spiro atoms. The molecular formula is C10H6Cl2F3N3S. The van der Waals surface area contributed by atoms with Gasteiger partial charge in [0.2, 0.25) is 11.0 Å². The van der Waals surface area contributed by atoms with Gasteiger partial charge in [0.15, 0.2) is 0 Å². The molecule has 102 valence electrons. The smallest absolute Gasteiger partial charge is 0.254 e. The van der Waals surface area contributed by atoms with Crippen molar-refractivity contribution in [2.75, 3.05) is 0 Å². The summed E-state index contributed by atoms with van der Waals surface area (Å²) < 4.78 is 36.9. The van der Waals surface area contributed by atoms with Crippen molar-refractivity contribution in [1.82, 2.24) is 15.2 Å². The third kappa shape index (κ3) is 3.55. The van der Waals surface area contributed by atoms with Crippen LogP contribution in [-0.2, 0) is 11.9 Å². The molecule has 0 unspecified atom stereocenters. The van der Waals surface area contributed by atoms with Gasteiger partial charge < -0.3 is 0 Å². The van der Waals surface area contributed by atoms with Crippen LogP contribution in [0.4, 0.5) is 13.2 Å². The Morgan fingerprint density at radius 1 is 1.21 bits per heavy atom. The Hall–Kier alpha value is -0.920. The van der Waals surface area contributed by atoms with Crippen molar-refractivity contribution in [3.05, 3.63) is 39.6 Å². The molecule has 0 aliphatic carbocycles. The normalized spacial score (nSPS) is 11.8. The molecule has 1 aromatic heterocycles. The predicted octanol–water partition coefficient (Wildman–Crippen LogP) is 4.42. The number of aromatic nitrogens is 3. The van der Waals surface area contributed by atoms with Crippen molar-refractivity contribution in [3.63, 3.8) is 0 Å². The molecule has 0 radical (unpaired) electrons. The van der Waals surface area contributed by atoms with Crippen LogP contribution >= 0.6 is 35.0 Å². The number of nitrogens with one attached hydrogen (secondary N) is 1. The quantitative estimate of drug-likeness (QED) is 0.848. The number of alkyl halides is 3. The van der Waals surface area contributed by atoms with Gasteiger partial charge in [-0.2, -0.15) is 18.2 Å². The maximum absolute atomic E-state index is 12.3. The minimum absolute atomic E-state index is 0.0108. The van der Waals surface area contributed by atoms with E-state index in [0.29, 0.717) is 15.6 Å². The van der Waals surface area contributed by atoms with Crippen LogP contribution in [0, 0.1) is 0 Å². The minimum atomic E-state index is -4.53. The Labute approximate surface area is 120 Å². The van der Waals surface area contributed by atoms with E-state index in [1.165, 1.54) is 0 Å². The highest BCUT2D eigenvalue weighted by molar-refractivity contribution is 7.98. The second-order valence-electron chi connectivity index (χ2n) is 3.45. The third-order valence-electron chi connectivity index (χ3n) is 2.14. The second-order valence-corrected chi connectivity index (χ2v) is 5.21. The van der Waals surface area contributed by atoms with E-state index in [-0.39, 0.29) is 10.9 Å². The lowest BCUT2D eigenvalue weighted by atomic mass is 10.2. The van der Waals surface area contributed by atoms with Crippen LogP contribution in [-0.4, -0.2) is 15.2 Å². The van der Waals surface area contributed by atoms with E-state index in [1.54, 1.807) is 18.2 Å². The number of H-pyrrole nitrogens is 1. The second kappa shape index (κ2) is 5.60. The SMILES string of the molecule is FC(F)(F)c1nc(SCc2c(Cl)cccc2Cl)n[nH]1. The van der Waals surface area contributed by atoms with Gasteiger partial charge in [-0.25, -0.2) is 0 Å². The summed E-state index contributed by atoms with van der Waals surface area (Å²) in [7, 11) is 0. The molecule has 1 heterocycles. The summed E-state index contributed by atoms with van der Waals surface area (Å²) in [6, 6.07) is 5.00. The Kier molecular flexibility index (Phi) is 4.27. The molecule has 0 aliphatic rings. The van der Waals surface area contributed by atoms with Gasteiger partial charge in [0.25, 0.3) is 0 Å². The third-order valence-corrected chi connectivity index (χ3v) is 3.72. The first kappa shape index (κ1) is 14.5. The van der Waals surface area contributed by atoms with Crippen LogP contribution in [0.5, 0.6) is 0 Å². The summed E-state index contributed by atoms with van der Waals surface area (Å²) in [6.45, 7) is 0. The van der Waals surface area contributed by atoms with E-state index in [0.717, 1.165) is 11.8 Å². The average Bonchev–Trinajstić information content (AvgIpc) is 2.77. The number of halogens is 5. The zero-order valence-electron chi connectivity index (χ0n) is 9.13. The maximum Gasteiger partial charge on any atom is 0.451 e. The number of hydrogen-bond acceptors (Lipinski definition) is 3. The van der Waals surface area contributed by atoms with Crippen molar-refractivity contribution in [3.8, 4) is 0 Å². The van der Waals surface area contributed by atoms with Crippen LogP contribution in [0.3, 0.4) is 0 Å². The van der Waals surface area contributed by atoms with Crippen molar-refractivity contribution in [2.24, 2.45) is 0 Å². The van der Waals surface area contributed by atoms with Gasteiger partial charge in [0.05, 0.1) is 0 Å². The molecule has 0 atom stereocenters. The molecule has 0 fully saturated rings. The molecule has 0 saturated carbocycles. The number of hydrogen-bond donors (Lipinski definition) is 1. The largest absolute Gasteiger partial charge is 0.451 e. The van der Waals surface area contributed by atoms with Crippen LogP contribution in [0.2, 0.25) is 10.0 Å². The van der Waals surface area contributed by atoms with Crippen molar-refractivity contribution < 1.29 is 13.2 Å². The van der Waals surface area contributed by atoms with E-state index >= 15 is 0 Å². The number of benzene rings is 1. The van der Waals surface area contributed by atoms with Gasteiger partial charge in [0.1, 0.15) is 0 Å². The van der Waals surface area contributed by atoms with Crippen molar-refractivity contribution in [1.29, 1.82) is 0 Å². The Balaban J connectivity index is 2.09. The molecule has 2 aromatic rings. The van der Waals surface area contributed by atoms with Gasteiger partial charge >= 0.3 is 6.18 Å². The van der Waals surface area contributed by atoms with E-state index in [2.05, 4.69) is 10.1 Å². The van der Waals surface area contributed by atoms with Gasteiger partial charge in [0, 0.05) is 15.8 Å². The predicted molar refractivity (Wildman–Crippen MR) is 67.4 cm³/mol. The Morgan fingerprint density at radius 3 is 2.37 bits per heavy atom.